The number of nitrogens with two attached hydrogens (primary N) is 1. The molecule has 2 rings (SSSR count). The van der Waals surface area contributed by atoms with Gasteiger partial charge in [-0.05, 0) is 42.3 Å². The van der Waals surface area contributed by atoms with Gasteiger partial charge in [-0.15, -0.1) is 0 Å². The monoisotopic (exact) mass is 319 g/mol. The van der Waals surface area contributed by atoms with E-state index < -0.39 is 0 Å². The van der Waals surface area contributed by atoms with Gasteiger partial charge in [-0.2, -0.15) is 0 Å². The van der Waals surface area contributed by atoms with Crippen molar-refractivity contribution in [1.82, 2.24) is 10.3 Å². The van der Waals surface area contributed by atoms with Crippen LogP contribution in [-0.2, 0) is 6.42 Å². The number of hydrogen-bond donors (Lipinski definition) is 2. The van der Waals surface area contributed by atoms with Crippen LogP contribution in [0.4, 0.5) is 5.82 Å². The smallest absolute Gasteiger partial charge is 0.126 e. The maximum Gasteiger partial charge on any atom is 0.126 e. The standard InChI is InChI=1S/C15H18BrN3/c1-2-18-14(11-5-3-7-13(16)9-11)10-12-6-4-8-19-15(12)17/h3-9,14,18H,2,10H2,1H3,(H2,17,19). The quantitative estimate of drug-likeness (QED) is 0.888. The molecule has 0 fully saturated rings. The topological polar surface area (TPSA) is 50.9 Å². The Morgan fingerprint density at radius 1 is 1.32 bits per heavy atom. The van der Waals surface area contributed by atoms with E-state index in [-0.39, 0.29) is 6.04 Å². The normalized spacial score (nSPS) is 12.3. The van der Waals surface area contributed by atoms with Gasteiger partial charge in [-0.3, -0.25) is 0 Å². The predicted octanol–water partition coefficient (Wildman–Crippen LogP) is 3.32. The van der Waals surface area contributed by atoms with Crippen molar-refractivity contribution in [1.29, 1.82) is 0 Å². The zero-order chi connectivity index (χ0) is 13.7. The Morgan fingerprint density at radius 2 is 2.16 bits per heavy atom. The third-order valence-electron chi connectivity index (χ3n) is 3.05. The Hall–Kier alpha value is -1.39. The highest BCUT2D eigenvalue weighted by Gasteiger charge is 2.13. The summed E-state index contributed by atoms with van der Waals surface area (Å²) in [6.07, 6.45) is 2.56. The van der Waals surface area contributed by atoms with E-state index in [4.69, 9.17) is 5.73 Å². The number of anilines is 1. The average Bonchev–Trinajstić information content (AvgIpc) is 2.40. The summed E-state index contributed by atoms with van der Waals surface area (Å²) in [4.78, 5) is 4.14. The molecule has 0 saturated carbocycles. The number of rotatable bonds is 5. The first-order valence-electron chi connectivity index (χ1n) is 6.39. The second-order valence-corrected chi connectivity index (χ2v) is 5.33. The third-order valence-corrected chi connectivity index (χ3v) is 3.54. The first kappa shape index (κ1) is 14.0. The molecule has 1 unspecified atom stereocenters. The summed E-state index contributed by atoms with van der Waals surface area (Å²) in [7, 11) is 0. The molecule has 0 aliphatic heterocycles. The Morgan fingerprint density at radius 3 is 2.84 bits per heavy atom. The largest absolute Gasteiger partial charge is 0.383 e. The van der Waals surface area contributed by atoms with Crippen LogP contribution in [-0.4, -0.2) is 11.5 Å². The molecule has 3 nitrogen and oxygen atoms in total. The molecule has 0 spiro atoms. The number of nitrogen functional groups attached to an aromatic ring is 1. The fraction of sp³-hybridized carbons (Fsp3) is 0.267. The Labute approximate surface area is 122 Å². The van der Waals surface area contributed by atoms with Gasteiger partial charge >= 0.3 is 0 Å². The van der Waals surface area contributed by atoms with Crippen LogP contribution in [0.25, 0.3) is 0 Å². The lowest BCUT2D eigenvalue weighted by Gasteiger charge is -2.19. The van der Waals surface area contributed by atoms with Crippen molar-refractivity contribution in [3.63, 3.8) is 0 Å². The molecule has 1 heterocycles. The van der Waals surface area contributed by atoms with E-state index in [2.05, 4.69) is 51.4 Å². The third kappa shape index (κ3) is 3.78. The maximum atomic E-state index is 5.92. The molecular weight excluding hydrogens is 302 g/mol. The van der Waals surface area contributed by atoms with Gasteiger partial charge < -0.3 is 11.1 Å². The number of likely N-dealkylation sites (N-methyl/N-ethyl adjacent to an activating group) is 1. The lowest BCUT2D eigenvalue weighted by molar-refractivity contribution is 0.549. The number of pyridine rings is 1. The Bertz CT molecular complexity index is 542. The summed E-state index contributed by atoms with van der Waals surface area (Å²) >= 11 is 3.52. The Balaban J connectivity index is 2.24. The van der Waals surface area contributed by atoms with Gasteiger partial charge in [0.2, 0.25) is 0 Å². The molecule has 19 heavy (non-hydrogen) atoms. The highest BCUT2D eigenvalue weighted by molar-refractivity contribution is 9.10. The fourth-order valence-electron chi connectivity index (χ4n) is 2.12. The molecule has 0 amide bonds. The molecule has 1 aromatic carbocycles. The lowest BCUT2D eigenvalue weighted by Crippen LogP contribution is -2.23. The van der Waals surface area contributed by atoms with E-state index in [1.165, 1.54) is 5.56 Å². The first-order chi connectivity index (χ1) is 9.20. The van der Waals surface area contributed by atoms with Crippen molar-refractivity contribution < 1.29 is 0 Å². The molecule has 2 aromatic rings. The molecule has 0 aliphatic carbocycles. The minimum Gasteiger partial charge on any atom is -0.383 e. The molecule has 4 heteroatoms. The zero-order valence-corrected chi connectivity index (χ0v) is 12.5. The summed E-state index contributed by atoms with van der Waals surface area (Å²) in [5.41, 5.74) is 8.25. The van der Waals surface area contributed by atoms with E-state index in [9.17, 15) is 0 Å². The molecule has 1 aromatic heterocycles. The highest BCUT2D eigenvalue weighted by Crippen LogP contribution is 2.23. The van der Waals surface area contributed by atoms with Gasteiger partial charge in [0, 0.05) is 16.7 Å². The predicted molar refractivity (Wildman–Crippen MR) is 82.9 cm³/mol. The van der Waals surface area contributed by atoms with Crippen LogP contribution in [0.5, 0.6) is 0 Å². The molecule has 3 N–H and O–H groups in total. The van der Waals surface area contributed by atoms with Crippen LogP contribution in [0.1, 0.15) is 24.1 Å². The molecular formula is C15H18BrN3. The van der Waals surface area contributed by atoms with Gasteiger partial charge in [-0.25, -0.2) is 4.98 Å². The SMILES string of the molecule is CCNC(Cc1cccnc1N)c1cccc(Br)c1. The van der Waals surface area contributed by atoms with Gasteiger partial charge in [0.05, 0.1) is 0 Å². The van der Waals surface area contributed by atoms with Crippen LogP contribution in [0.15, 0.2) is 47.1 Å². The van der Waals surface area contributed by atoms with Crippen LogP contribution >= 0.6 is 15.9 Å². The van der Waals surface area contributed by atoms with Crippen LogP contribution in [0.2, 0.25) is 0 Å². The fourth-order valence-corrected chi connectivity index (χ4v) is 2.54. The van der Waals surface area contributed by atoms with Crippen LogP contribution in [0.3, 0.4) is 0 Å². The van der Waals surface area contributed by atoms with Gasteiger partial charge in [0.25, 0.3) is 0 Å². The van der Waals surface area contributed by atoms with Crippen molar-refractivity contribution in [2.24, 2.45) is 0 Å². The van der Waals surface area contributed by atoms with E-state index in [0.29, 0.717) is 5.82 Å². The van der Waals surface area contributed by atoms with E-state index in [0.717, 1.165) is 23.0 Å². The molecule has 0 radical (unpaired) electrons. The van der Waals surface area contributed by atoms with E-state index in [1.807, 2.05) is 18.2 Å². The summed E-state index contributed by atoms with van der Waals surface area (Å²) in [6, 6.07) is 12.6. The second kappa shape index (κ2) is 6.68. The molecule has 0 aliphatic rings. The van der Waals surface area contributed by atoms with Crippen molar-refractivity contribution >= 4 is 21.7 Å². The summed E-state index contributed by atoms with van der Waals surface area (Å²) in [5.74, 6) is 0.611. The molecule has 1 atom stereocenters. The number of halogens is 1. The van der Waals surface area contributed by atoms with Crippen molar-refractivity contribution in [2.75, 3.05) is 12.3 Å². The van der Waals surface area contributed by atoms with Gasteiger partial charge in [0.15, 0.2) is 0 Å². The number of hydrogen-bond acceptors (Lipinski definition) is 3. The number of nitrogens with zero attached hydrogens (tertiary/aromatic N) is 1. The van der Waals surface area contributed by atoms with Crippen molar-refractivity contribution in [3.05, 3.63) is 58.2 Å². The van der Waals surface area contributed by atoms with E-state index in [1.54, 1.807) is 6.20 Å². The summed E-state index contributed by atoms with van der Waals surface area (Å²) in [5, 5.41) is 3.50. The first-order valence-corrected chi connectivity index (χ1v) is 7.18. The lowest BCUT2D eigenvalue weighted by atomic mass is 9.99. The zero-order valence-electron chi connectivity index (χ0n) is 10.9. The Kier molecular flexibility index (Phi) is 4.93. The van der Waals surface area contributed by atoms with Crippen LogP contribution < -0.4 is 11.1 Å². The summed E-state index contributed by atoms with van der Waals surface area (Å²) < 4.78 is 1.09. The van der Waals surface area contributed by atoms with E-state index >= 15 is 0 Å². The molecule has 0 saturated heterocycles. The van der Waals surface area contributed by atoms with Crippen molar-refractivity contribution in [2.45, 2.75) is 19.4 Å². The second-order valence-electron chi connectivity index (χ2n) is 4.42. The number of nitrogens with one attached hydrogen (secondary N) is 1. The van der Waals surface area contributed by atoms with Gasteiger partial charge in [-0.1, -0.05) is 41.1 Å². The summed E-state index contributed by atoms with van der Waals surface area (Å²) in [6.45, 7) is 3.02. The maximum absolute atomic E-state index is 5.92. The highest BCUT2D eigenvalue weighted by atomic mass is 79.9. The van der Waals surface area contributed by atoms with Crippen LogP contribution in [0, 0.1) is 0 Å². The minimum absolute atomic E-state index is 0.244. The number of aromatic nitrogens is 1. The average molecular weight is 320 g/mol. The minimum atomic E-state index is 0.244. The van der Waals surface area contributed by atoms with Gasteiger partial charge in [0.1, 0.15) is 5.82 Å². The van der Waals surface area contributed by atoms with Crippen molar-refractivity contribution in [3.8, 4) is 0 Å². The number of benzene rings is 1. The molecule has 100 valence electrons. The molecule has 0 bridgehead atoms.